The number of unbranched alkanes of at least 4 members (excludes halogenated alkanes) is 1. The van der Waals surface area contributed by atoms with E-state index in [9.17, 15) is 30.0 Å². The highest BCUT2D eigenvalue weighted by atomic mass is 35.5. The van der Waals surface area contributed by atoms with Gasteiger partial charge in [-0.1, -0.05) is 96.5 Å². The van der Waals surface area contributed by atoms with Gasteiger partial charge >= 0.3 is 0 Å². The molecule has 3 heterocycles. The summed E-state index contributed by atoms with van der Waals surface area (Å²) in [5.41, 5.74) is 20.7. The topological polar surface area (TPSA) is 319 Å². The summed E-state index contributed by atoms with van der Waals surface area (Å²) >= 11 is 5.85. The quantitative estimate of drug-likeness (QED) is 0.0257. The highest BCUT2D eigenvalue weighted by Crippen LogP contribution is 2.30. The average Bonchev–Trinajstić information content (AvgIpc) is 3.35. The van der Waals surface area contributed by atoms with Crippen molar-refractivity contribution in [3.63, 3.8) is 0 Å². The zero-order chi connectivity index (χ0) is 50.0. The molecule has 6 rings (SSSR count). The molecule has 2 fully saturated rings. The van der Waals surface area contributed by atoms with Crippen molar-refractivity contribution in [3.8, 4) is 0 Å². The summed E-state index contributed by atoms with van der Waals surface area (Å²) < 4.78 is 23.6. The number of aryl methyl sites for hydroxylation is 2. The van der Waals surface area contributed by atoms with Crippen molar-refractivity contribution >= 4 is 41.0 Å². The number of halogens is 1. The highest BCUT2D eigenvalue weighted by molar-refractivity contribution is 6.31. The van der Waals surface area contributed by atoms with Crippen molar-refractivity contribution in [3.05, 3.63) is 118 Å². The third-order valence-electron chi connectivity index (χ3n) is 12.1. The van der Waals surface area contributed by atoms with Crippen molar-refractivity contribution in [2.75, 3.05) is 57.4 Å². The lowest BCUT2D eigenvalue weighted by Gasteiger charge is -2.37. The number of carbonyl (C=O) groups excluding carboxylic acids is 2. The van der Waals surface area contributed by atoms with E-state index in [0.29, 0.717) is 45.4 Å². The Kier molecular flexibility index (Phi) is 21.1. The summed E-state index contributed by atoms with van der Waals surface area (Å²) in [5.74, 6) is -1.70. The number of benzene rings is 3. The second kappa shape index (κ2) is 27.3. The van der Waals surface area contributed by atoms with E-state index in [1.54, 1.807) is 0 Å². The van der Waals surface area contributed by atoms with Crippen molar-refractivity contribution in [1.82, 2.24) is 30.8 Å². The molecule has 0 spiro atoms. The van der Waals surface area contributed by atoms with E-state index in [0.717, 1.165) is 41.5 Å². The molecule has 4 aromatic rings. The van der Waals surface area contributed by atoms with Crippen molar-refractivity contribution < 1.29 is 49.0 Å². The molecule has 0 saturated carbocycles. The van der Waals surface area contributed by atoms with Crippen LogP contribution in [0.25, 0.3) is 0 Å². The minimum absolute atomic E-state index is 0.00325. The van der Waals surface area contributed by atoms with Crippen LogP contribution in [0.3, 0.4) is 0 Å². The van der Waals surface area contributed by atoms with Crippen LogP contribution < -0.4 is 33.2 Å². The van der Waals surface area contributed by atoms with Gasteiger partial charge in [0.25, 0.3) is 5.91 Å². The van der Waals surface area contributed by atoms with E-state index in [1.165, 1.54) is 0 Å². The predicted molar refractivity (Wildman–Crippen MR) is 262 cm³/mol. The van der Waals surface area contributed by atoms with Crippen LogP contribution in [0.15, 0.2) is 84.9 Å². The number of anilines is 2. The van der Waals surface area contributed by atoms with Crippen LogP contribution in [0.5, 0.6) is 0 Å². The summed E-state index contributed by atoms with van der Waals surface area (Å²) in [6.45, 7) is 1.98. The first-order chi connectivity index (χ1) is 33.7. The van der Waals surface area contributed by atoms with Crippen molar-refractivity contribution in [1.29, 1.82) is 5.41 Å². The lowest BCUT2D eigenvalue weighted by Crippen LogP contribution is -2.49. The first-order valence-corrected chi connectivity index (χ1v) is 24.0. The Balaban J connectivity index is 0.944. The smallest absolute Gasteiger partial charge is 0.280 e. The highest BCUT2D eigenvalue weighted by Gasteiger charge is 2.37. The van der Waals surface area contributed by atoms with Gasteiger partial charge in [0.15, 0.2) is 41.0 Å². The maximum Gasteiger partial charge on any atom is 0.280 e. The minimum atomic E-state index is -1.05. The molecule has 9 atom stereocenters. The van der Waals surface area contributed by atoms with Crippen LogP contribution in [-0.2, 0) is 36.6 Å². The number of guanidine groups is 1. The fourth-order valence-electron chi connectivity index (χ4n) is 8.28. The van der Waals surface area contributed by atoms with Gasteiger partial charge in [0.1, 0.15) is 18.3 Å². The van der Waals surface area contributed by atoms with Crippen LogP contribution in [0, 0.1) is 5.41 Å². The molecule has 0 radical (unpaired) electrons. The van der Waals surface area contributed by atoms with E-state index >= 15 is 0 Å². The number of hydrogen-bond acceptors (Lipinski definition) is 17. The lowest BCUT2D eigenvalue weighted by molar-refractivity contribution is -0.276. The van der Waals surface area contributed by atoms with Gasteiger partial charge < -0.3 is 72.1 Å². The molecule has 2 saturated heterocycles. The summed E-state index contributed by atoms with van der Waals surface area (Å²) in [6, 6.07) is 26.3. The number of aromatic nitrogens is 2. The normalized spacial score (nSPS) is 21.7. The van der Waals surface area contributed by atoms with Gasteiger partial charge in [0.2, 0.25) is 5.91 Å². The van der Waals surface area contributed by atoms with Gasteiger partial charge in [-0.2, -0.15) is 0 Å². The number of amides is 2. The minimum Gasteiger partial charge on any atom is -0.392 e. The van der Waals surface area contributed by atoms with Gasteiger partial charge in [-0.3, -0.25) is 20.3 Å². The maximum atomic E-state index is 12.6. The molecule has 0 aliphatic carbocycles. The van der Waals surface area contributed by atoms with Crippen LogP contribution in [0.1, 0.15) is 83.8 Å². The number of aliphatic hydroxyl groups excluding tert-OH is 4. The fourth-order valence-corrected chi connectivity index (χ4v) is 8.41. The molecule has 0 bridgehead atoms. The number of nitrogen functional groups attached to an aromatic ring is 2. The number of ether oxygens (including phenoxy) is 4. The Labute approximate surface area is 412 Å². The summed E-state index contributed by atoms with van der Waals surface area (Å²) in [7, 11) is 0. The number of aliphatic hydroxyl groups is 4. The molecule has 21 heteroatoms. The molecular weight excluding hydrogens is 924 g/mol. The predicted octanol–water partition coefficient (Wildman–Crippen LogP) is 2.09. The van der Waals surface area contributed by atoms with E-state index in [1.807, 2.05) is 89.8 Å². The fraction of sp³-hybridized carbons (Fsp3) is 0.490. The third-order valence-corrected chi connectivity index (χ3v) is 12.4. The molecule has 70 heavy (non-hydrogen) atoms. The number of primary amides is 1. The van der Waals surface area contributed by atoms with Gasteiger partial charge in [0.05, 0.1) is 37.6 Å². The Bertz CT molecular complexity index is 2260. The molecule has 2 aliphatic rings. The summed E-state index contributed by atoms with van der Waals surface area (Å²) in [5, 5.41) is 60.7. The number of nitrogens with two attached hydrogens (primary N) is 3. The zero-order valence-corrected chi connectivity index (χ0v) is 39.8. The van der Waals surface area contributed by atoms with Gasteiger partial charge in [0, 0.05) is 37.2 Å². The SMILES string of the molecule is N=C(NCCCCc1ccc(CC[C@H](NCCCN(CC[C@@H](O)[C@@H]2OC(c3ccccc3)OC[C@H]2O)C[C@H](O)C[C@@H]2OC(c3ccccc3)OC[C@H]2O)C(N)=O)cc1)NC(=O)c1nc(Cl)c(N)nc1N. The Morgan fingerprint density at radius 3 is 2.07 bits per heavy atom. The van der Waals surface area contributed by atoms with Gasteiger partial charge in [-0.05, 0) is 69.2 Å². The first kappa shape index (κ1) is 54.0. The summed E-state index contributed by atoms with van der Waals surface area (Å²) in [6.07, 6.45) is -2.53. The number of carbonyl (C=O) groups is 2. The van der Waals surface area contributed by atoms with E-state index in [-0.39, 0.29) is 61.0 Å². The van der Waals surface area contributed by atoms with Crippen LogP contribution >= 0.6 is 11.6 Å². The number of rotatable bonds is 25. The molecule has 1 aromatic heterocycles. The zero-order valence-electron chi connectivity index (χ0n) is 39.1. The maximum absolute atomic E-state index is 12.6. The Morgan fingerprint density at radius 2 is 1.41 bits per heavy atom. The molecule has 2 unspecified atom stereocenters. The third kappa shape index (κ3) is 16.6. The molecule has 20 nitrogen and oxygen atoms in total. The standard InChI is InChI=1S/C49H67ClN10O10/c50-42-44(52)58-43(51)40(57-42)46(66)59-49(54)56-22-8-7-10-30-15-17-31(18-16-30)19-20-35(45(53)65)55-23-9-24-60(25-21-36(62)41-38(64)29-68-48(70-41)33-13-5-2-6-14-33)27-34(61)26-39-37(63)28-67-47(69-39)32-11-3-1-4-12-32/h1-6,11-18,34-39,41,47-48,55,61-64H,7-10,19-29H2,(H2,53,65)(H4,51,52,58)(H3,54,56,59,66)/t34-,35+,36-,37-,38-,39+,41+,47?,48?/m1/s1. The number of nitrogens with zero attached hydrogens (tertiary/aromatic N) is 3. The number of hydrogen-bond donors (Lipinski definition) is 11. The first-order valence-electron chi connectivity index (χ1n) is 23.7. The van der Waals surface area contributed by atoms with E-state index in [2.05, 4.69) is 25.9 Å². The molecule has 2 amide bonds. The Morgan fingerprint density at radius 1 is 0.786 bits per heavy atom. The van der Waals surface area contributed by atoms with Crippen LogP contribution in [0.4, 0.5) is 11.6 Å². The largest absolute Gasteiger partial charge is 0.392 e. The average molecular weight is 992 g/mol. The van der Waals surface area contributed by atoms with Crippen molar-refractivity contribution in [2.24, 2.45) is 5.73 Å². The summed E-state index contributed by atoms with van der Waals surface area (Å²) in [4.78, 5) is 34.6. The molecule has 380 valence electrons. The lowest BCUT2D eigenvalue weighted by atomic mass is 10.0. The van der Waals surface area contributed by atoms with E-state index < -0.39 is 67.1 Å². The second-order valence-electron chi connectivity index (χ2n) is 17.6. The molecule has 2 aliphatic heterocycles. The second-order valence-corrected chi connectivity index (χ2v) is 17.9. The van der Waals surface area contributed by atoms with Crippen LogP contribution in [0.2, 0.25) is 5.15 Å². The number of nitrogens with one attached hydrogen (secondary N) is 4. The molecule has 14 N–H and O–H groups in total. The van der Waals surface area contributed by atoms with E-state index in [4.69, 9.17) is 53.2 Å². The molecular formula is C49H67ClN10O10. The monoisotopic (exact) mass is 990 g/mol. The molecule has 3 aromatic carbocycles. The van der Waals surface area contributed by atoms with Crippen molar-refractivity contribution in [2.45, 2.75) is 107 Å². The van der Waals surface area contributed by atoms with Gasteiger partial charge in [-0.25, -0.2) is 9.97 Å². The van der Waals surface area contributed by atoms with Crippen LogP contribution in [-0.4, -0.2) is 142 Å². The Hall–Kier alpha value is -5.36. The van der Waals surface area contributed by atoms with Gasteiger partial charge in [-0.15, -0.1) is 0 Å².